The zero-order valence-corrected chi connectivity index (χ0v) is 12.3. The van der Waals surface area contributed by atoms with Gasteiger partial charge in [0.1, 0.15) is 0 Å². The lowest BCUT2D eigenvalue weighted by molar-refractivity contribution is 0.0980. The van der Waals surface area contributed by atoms with E-state index in [9.17, 15) is 13.2 Å². The summed E-state index contributed by atoms with van der Waals surface area (Å²) in [6.45, 7) is 0.937. The molecule has 112 valence electrons. The van der Waals surface area contributed by atoms with Crippen molar-refractivity contribution in [1.82, 2.24) is 14.0 Å². The highest BCUT2D eigenvalue weighted by atomic mass is 32.2. The Morgan fingerprint density at radius 1 is 1.14 bits per heavy atom. The van der Waals surface area contributed by atoms with Gasteiger partial charge >= 0.3 is 10.2 Å². The Bertz CT molecular complexity index is 761. The smallest absolute Gasteiger partial charge is 0.304 e. The fraction of sp³-hybridized carbons (Fsp3) is 0.357. The van der Waals surface area contributed by atoms with Gasteiger partial charge in [0.15, 0.2) is 0 Å². The number of amides is 1. The van der Waals surface area contributed by atoms with Crippen molar-refractivity contribution in [3.8, 4) is 0 Å². The number of hydrogen-bond acceptors (Lipinski definition) is 3. The van der Waals surface area contributed by atoms with Crippen LogP contribution < -0.4 is 4.72 Å². The standard InChI is InChI=1S/C14H17N3O3S/c18-14(12-10-15-13-7-3-2-6-11(12)13)16-21(19,20)17-8-4-1-5-9-17/h2-3,6-7,10,15H,1,4-5,8-9H2,(H,16,18). The lowest BCUT2D eigenvalue weighted by atomic mass is 10.2. The molecule has 1 aromatic heterocycles. The number of carbonyl (C=O) groups is 1. The van der Waals surface area contributed by atoms with Gasteiger partial charge in [-0.3, -0.25) is 4.79 Å². The average Bonchev–Trinajstić information content (AvgIpc) is 2.92. The van der Waals surface area contributed by atoms with E-state index < -0.39 is 16.1 Å². The fourth-order valence-corrected chi connectivity index (χ4v) is 3.81. The predicted molar refractivity (Wildman–Crippen MR) is 80.1 cm³/mol. The zero-order valence-electron chi connectivity index (χ0n) is 11.5. The minimum atomic E-state index is -3.76. The van der Waals surface area contributed by atoms with Crippen LogP contribution in [0.15, 0.2) is 30.5 Å². The summed E-state index contributed by atoms with van der Waals surface area (Å²) in [5.74, 6) is -0.599. The second-order valence-electron chi connectivity index (χ2n) is 5.14. The van der Waals surface area contributed by atoms with Gasteiger partial charge in [-0.1, -0.05) is 24.6 Å². The summed E-state index contributed by atoms with van der Waals surface area (Å²) in [4.78, 5) is 15.2. The molecule has 0 atom stereocenters. The molecule has 0 radical (unpaired) electrons. The number of aromatic amines is 1. The highest BCUT2D eigenvalue weighted by Crippen LogP contribution is 2.18. The Hall–Kier alpha value is -1.86. The molecule has 6 nitrogen and oxygen atoms in total. The van der Waals surface area contributed by atoms with Gasteiger partial charge in [0, 0.05) is 30.2 Å². The highest BCUT2D eigenvalue weighted by molar-refractivity contribution is 7.87. The summed E-state index contributed by atoms with van der Waals surface area (Å²) in [6.07, 6.45) is 4.23. The van der Waals surface area contributed by atoms with Crippen molar-refractivity contribution in [1.29, 1.82) is 0 Å². The third-order valence-electron chi connectivity index (χ3n) is 3.71. The van der Waals surface area contributed by atoms with Crippen LogP contribution in [0.4, 0.5) is 0 Å². The van der Waals surface area contributed by atoms with E-state index in [0.717, 1.165) is 24.8 Å². The molecule has 1 fully saturated rings. The highest BCUT2D eigenvalue weighted by Gasteiger charge is 2.26. The van der Waals surface area contributed by atoms with Crippen LogP contribution in [0.2, 0.25) is 0 Å². The second kappa shape index (κ2) is 5.50. The molecule has 1 saturated heterocycles. The van der Waals surface area contributed by atoms with E-state index in [0.29, 0.717) is 24.0 Å². The van der Waals surface area contributed by atoms with E-state index in [4.69, 9.17) is 0 Å². The number of benzene rings is 1. The van der Waals surface area contributed by atoms with Gasteiger partial charge in [-0.25, -0.2) is 4.72 Å². The van der Waals surface area contributed by atoms with E-state index in [1.807, 2.05) is 18.2 Å². The van der Waals surface area contributed by atoms with Crippen LogP contribution in [-0.4, -0.2) is 36.7 Å². The van der Waals surface area contributed by atoms with Gasteiger partial charge in [-0.15, -0.1) is 0 Å². The molecule has 2 aromatic rings. The molecule has 7 heteroatoms. The molecule has 0 bridgehead atoms. The number of piperidine rings is 1. The maximum Gasteiger partial charge on any atom is 0.304 e. The molecule has 21 heavy (non-hydrogen) atoms. The van der Waals surface area contributed by atoms with E-state index in [-0.39, 0.29) is 0 Å². The first-order valence-electron chi connectivity index (χ1n) is 6.96. The number of fused-ring (bicyclic) bond motifs is 1. The van der Waals surface area contributed by atoms with Crippen molar-refractivity contribution < 1.29 is 13.2 Å². The molecular formula is C14H17N3O3S. The summed E-state index contributed by atoms with van der Waals surface area (Å²) in [7, 11) is -3.76. The Labute approximate surface area is 123 Å². The third kappa shape index (κ3) is 2.79. The third-order valence-corrected chi connectivity index (χ3v) is 5.20. The lowest BCUT2D eigenvalue weighted by Gasteiger charge is -2.25. The number of nitrogens with zero attached hydrogens (tertiary/aromatic N) is 1. The molecule has 0 spiro atoms. The van der Waals surface area contributed by atoms with Crippen molar-refractivity contribution in [2.24, 2.45) is 0 Å². The molecular weight excluding hydrogens is 290 g/mol. The SMILES string of the molecule is O=C(NS(=O)(=O)N1CCCCC1)c1c[nH]c2ccccc12. The van der Waals surface area contributed by atoms with Crippen molar-refractivity contribution in [2.45, 2.75) is 19.3 Å². The van der Waals surface area contributed by atoms with Gasteiger partial charge in [0.2, 0.25) is 0 Å². The van der Waals surface area contributed by atoms with Gasteiger partial charge in [-0.05, 0) is 18.9 Å². The van der Waals surface area contributed by atoms with Gasteiger partial charge in [0.25, 0.3) is 5.91 Å². The van der Waals surface area contributed by atoms with Crippen molar-refractivity contribution in [3.05, 3.63) is 36.0 Å². The van der Waals surface area contributed by atoms with E-state index in [1.165, 1.54) is 10.5 Å². The Morgan fingerprint density at radius 2 is 1.86 bits per heavy atom. The molecule has 0 saturated carbocycles. The number of carbonyl (C=O) groups excluding carboxylic acids is 1. The summed E-state index contributed by atoms with van der Waals surface area (Å²) in [6, 6.07) is 7.29. The topological polar surface area (TPSA) is 82.3 Å². The number of hydrogen-bond donors (Lipinski definition) is 2. The molecule has 1 aliphatic rings. The number of H-pyrrole nitrogens is 1. The summed E-state index contributed by atoms with van der Waals surface area (Å²) >= 11 is 0. The fourth-order valence-electron chi connectivity index (χ4n) is 2.60. The van der Waals surface area contributed by atoms with Crippen LogP contribution in [0, 0.1) is 0 Å². The van der Waals surface area contributed by atoms with Crippen molar-refractivity contribution >= 4 is 27.0 Å². The number of nitrogens with one attached hydrogen (secondary N) is 2. The number of para-hydroxylation sites is 1. The first-order valence-corrected chi connectivity index (χ1v) is 8.40. The van der Waals surface area contributed by atoms with Crippen LogP contribution in [0.5, 0.6) is 0 Å². The predicted octanol–water partition coefficient (Wildman–Crippen LogP) is 1.63. The minimum Gasteiger partial charge on any atom is -0.360 e. The van der Waals surface area contributed by atoms with Crippen LogP contribution >= 0.6 is 0 Å². The first kappa shape index (κ1) is 14.1. The van der Waals surface area contributed by atoms with Crippen LogP contribution in [-0.2, 0) is 10.2 Å². The molecule has 3 rings (SSSR count). The number of aromatic nitrogens is 1. The molecule has 0 aliphatic carbocycles. The normalized spacial score (nSPS) is 17.0. The van der Waals surface area contributed by atoms with Gasteiger partial charge in [0.05, 0.1) is 5.56 Å². The Morgan fingerprint density at radius 3 is 2.62 bits per heavy atom. The van der Waals surface area contributed by atoms with E-state index in [1.54, 1.807) is 6.07 Å². The Balaban J connectivity index is 1.82. The maximum atomic E-state index is 12.2. The lowest BCUT2D eigenvalue weighted by Crippen LogP contribution is -2.45. The zero-order chi connectivity index (χ0) is 14.9. The monoisotopic (exact) mass is 307 g/mol. The van der Waals surface area contributed by atoms with Crippen molar-refractivity contribution in [2.75, 3.05) is 13.1 Å². The minimum absolute atomic E-state index is 0.339. The molecule has 2 N–H and O–H groups in total. The van der Waals surface area contributed by atoms with Crippen LogP contribution in [0.25, 0.3) is 10.9 Å². The quantitative estimate of drug-likeness (QED) is 0.904. The molecule has 1 amide bonds. The average molecular weight is 307 g/mol. The Kier molecular flexibility index (Phi) is 3.69. The first-order chi connectivity index (χ1) is 10.1. The van der Waals surface area contributed by atoms with E-state index >= 15 is 0 Å². The summed E-state index contributed by atoms with van der Waals surface area (Å²) in [5, 5.41) is 0.712. The van der Waals surface area contributed by atoms with Gasteiger partial charge in [-0.2, -0.15) is 12.7 Å². The largest absolute Gasteiger partial charge is 0.360 e. The van der Waals surface area contributed by atoms with Crippen molar-refractivity contribution in [3.63, 3.8) is 0 Å². The second-order valence-corrected chi connectivity index (χ2v) is 6.81. The summed E-state index contributed by atoms with van der Waals surface area (Å²) < 4.78 is 27.9. The molecule has 0 unspecified atom stereocenters. The van der Waals surface area contributed by atoms with Crippen LogP contribution in [0.1, 0.15) is 29.6 Å². The maximum absolute atomic E-state index is 12.2. The summed E-state index contributed by atoms with van der Waals surface area (Å²) in [5.41, 5.74) is 1.14. The molecule has 2 heterocycles. The molecule has 1 aliphatic heterocycles. The molecule has 1 aromatic carbocycles. The van der Waals surface area contributed by atoms with E-state index in [2.05, 4.69) is 9.71 Å². The van der Waals surface area contributed by atoms with Crippen LogP contribution in [0.3, 0.4) is 0 Å². The number of rotatable bonds is 3. The van der Waals surface area contributed by atoms with Gasteiger partial charge < -0.3 is 4.98 Å².